The zero-order valence-corrected chi connectivity index (χ0v) is 12.8. The van der Waals surface area contributed by atoms with Crippen LogP contribution in [0.4, 0.5) is 5.82 Å². The van der Waals surface area contributed by atoms with Crippen LogP contribution in [0.15, 0.2) is 24.5 Å². The van der Waals surface area contributed by atoms with Gasteiger partial charge in [0.1, 0.15) is 11.6 Å². The first kappa shape index (κ1) is 13.2. The van der Waals surface area contributed by atoms with Crippen molar-refractivity contribution in [3.8, 4) is 0 Å². The first-order valence-corrected chi connectivity index (χ1v) is 7.68. The van der Waals surface area contributed by atoms with Gasteiger partial charge < -0.3 is 9.47 Å². The number of imidazole rings is 1. The molecule has 1 aliphatic heterocycles. The number of hydrogen-bond donors (Lipinski definition) is 0. The standard InChI is InChI=1S/C15H19N7/c1-3-13-16-6-7-20(13)8-12-9-21(10-12)15-5-4-14-18-17-11(2)22(14)19-15/h4-7,12H,3,8-10H2,1-2H3. The predicted molar refractivity (Wildman–Crippen MR) is 82.8 cm³/mol. The van der Waals surface area contributed by atoms with E-state index in [4.69, 9.17) is 0 Å². The summed E-state index contributed by atoms with van der Waals surface area (Å²) in [5, 5.41) is 12.7. The van der Waals surface area contributed by atoms with Crippen molar-refractivity contribution in [3.05, 3.63) is 36.2 Å². The zero-order valence-electron chi connectivity index (χ0n) is 12.8. The molecule has 0 N–H and O–H groups in total. The Bertz CT molecular complexity index is 797. The fourth-order valence-electron chi connectivity index (χ4n) is 3.03. The Morgan fingerprint density at radius 3 is 2.91 bits per heavy atom. The summed E-state index contributed by atoms with van der Waals surface area (Å²) in [5.41, 5.74) is 0.796. The molecular formula is C15H19N7. The second-order valence-corrected chi connectivity index (χ2v) is 5.83. The Balaban J connectivity index is 1.44. The first-order valence-electron chi connectivity index (χ1n) is 7.68. The monoisotopic (exact) mass is 297 g/mol. The van der Waals surface area contributed by atoms with Crippen LogP contribution in [0.5, 0.6) is 0 Å². The third kappa shape index (κ3) is 2.13. The molecule has 0 bridgehead atoms. The molecule has 1 aliphatic rings. The van der Waals surface area contributed by atoms with Crippen molar-refractivity contribution < 1.29 is 0 Å². The van der Waals surface area contributed by atoms with E-state index in [1.54, 1.807) is 4.52 Å². The summed E-state index contributed by atoms with van der Waals surface area (Å²) in [4.78, 5) is 6.68. The van der Waals surface area contributed by atoms with E-state index in [2.05, 4.69) is 42.9 Å². The van der Waals surface area contributed by atoms with E-state index in [1.807, 2.05) is 25.3 Å². The summed E-state index contributed by atoms with van der Waals surface area (Å²) >= 11 is 0. The van der Waals surface area contributed by atoms with Crippen LogP contribution >= 0.6 is 0 Å². The van der Waals surface area contributed by atoms with Crippen molar-refractivity contribution in [1.82, 2.24) is 29.4 Å². The van der Waals surface area contributed by atoms with Crippen molar-refractivity contribution in [2.75, 3.05) is 18.0 Å². The molecule has 0 unspecified atom stereocenters. The Morgan fingerprint density at radius 2 is 2.09 bits per heavy atom. The number of fused-ring (bicyclic) bond motifs is 1. The molecule has 0 atom stereocenters. The minimum Gasteiger partial charge on any atom is -0.354 e. The van der Waals surface area contributed by atoms with Crippen molar-refractivity contribution in [3.63, 3.8) is 0 Å². The van der Waals surface area contributed by atoms with Gasteiger partial charge in [0.05, 0.1) is 0 Å². The largest absolute Gasteiger partial charge is 0.354 e. The van der Waals surface area contributed by atoms with Gasteiger partial charge >= 0.3 is 0 Å². The maximum Gasteiger partial charge on any atom is 0.178 e. The molecule has 1 saturated heterocycles. The molecule has 0 aliphatic carbocycles. The Kier molecular flexibility index (Phi) is 3.06. The van der Waals surface area contributed by atoms with Crippen LogP contribution in [0.3, 0.4) is 0 Å². The smallest absolute Gasteiger partial charge is 0.178 e. The van der Waals surface area contributed by atoms with Gasteiger partial charge in [0.25, 0.3) is 0 Å². The molecule has 0 amide bonds. The summed E-state index contributed by atoms with van der Waals surface area (Å²) < 4.78 is 4.07. The molecule has 1 fully saturated rings. The Morgan fingerprint density at radius 1 is 1.23 bits per heavy atom. The van der Waals surface area contributed by atoms with Crippen LogP contribution in [0, 0.1) is 12.8 Å². The number of rotatable bonds is 4. The number of nitrogens with zero attached hydrogens (tertiary/aromatic N) is 7. The van der Waals surface area contributed by atoms with Gasteiger partial charge in [-0.2, -0.15) is 4.52 Å². The van der Waals surface area contributed by atoms with E-state index in [9.17, 15) is 0 Å². The zero-order chi connectivity index (χ0) is 15.1. The van der Waals surface area contributed by atoms with Crippen LogP contribution in [-0.4, -0.2) is 42.5 Å². The fourth-order valence-corrected chi connectivity index (χ4v) is 3.03. The number of aromatic nitrogens is 6. The van der Waals surface area contributed by atoms with Crippen LogP contribution in [0.2, 0.25) is 0 Å². The minimum absolute atomic E-state index is 0.652. The molecule has 3 aromatic heterocycles. The molecule has 0 spiro atoms. The quantitative estimate of drug-likeness (QED) is 0.727. The molecule has 114 valence electrons. The summed E-state index contributed by atoms with van der Waals surface area (Å²) in [6.07, 6.45) is 4.94. The lowest BCUT2D eigenvalue weighted by molar-refractivity contribution is 0.350. The molecular weight excluding hydrogens is 278 g/mol. The average Bonchev–Trinajstić information content (AvgIpc) is 3.09. The fraction of sp³-hybridized carbons (Fsp3) is 0.467. The Labute approximate surface area is 128 Å². The topological polar surface area (TPSA) is 64.1 Å². The van der Waals surface area contributed by atoms with E-state index in [0.717, 1.165) is 49.2 Å². The van der Waals surface area contributed by atoms with Gasteiger partial charge in [0.15, 0.2) is 11.5 Å². The van der Waals surface area contributed by atoms with Crippen LogP contribution < -0.4 is 4.90 Å². The van der Waals surface area contributed by atoms with E-state index in [1.165, 1.54) is 0 Å². The number of anilines is 1. The van der Waals surface area contributed by atoms with E-state index in [-0.39, 0.29) is 0 Å². The lowest BCUT2D eigenvalue weighted by Crippen LogP contribution is -2.49. The van der Waals surface area contributed by atoms with Crippen LogP contribution in [0.25, 0.3) is 5.65 Å². The molecule has 0 radical (unpaired) electrons. The minimum atomic E-state index is 0.652. The molecule has 0 aromatic carbocycles. The second kappa shape index (κ2) is 5.08. The maximum absolute atomic E-state index is 4.62. The van der Waals surface area contributed by atoms with Gasteiger partial charge in [-0.1, -0.05) is 6.92 Å². The predicted octanol–water partition coefficient (Wildman–Crippen LogP) is 1.33. The van der Waals surface area contributed by atoms with Gasteiger partial charge in [0.2, 0.25) is 0 Å². The lowest BCUT2D eigenvalue weighted by Gasteiger charge is -2.40. The third-order valence-electron chi connectivity index (χ3n) is 4.26. The maximum atomic E-state index is 4.62. The second-order valence-electron chi connectivity index (χ2n) is 5.83. The average molecular weight is 297 g/mol. The summed E-state index contributed by atoms with van der Waals surface area (Å²) in [6.45, 7) is 7.16. The van der Waals surface area contributed by atoms with Gasteiger partial charge in [-0.05, 0) is 19.1 Å². The highest BCUT2D eigenvalue weighted by molar-refractivity contribution is 5.47. The van der Waals surface area contributed by atoms with Crippen LogP contribution in [-0.2, 0) is 13.0 Å². The third-order valence-corrected chi connectivity index (χ3v) is 4.26. The molecule has 7 nitrogen and oxygen atoms in total. The van der Waals surface area contributed by atoms with E-state index in [0.29, 0.717) is 5.92 Å². The summed E-state index contributed by atoms with van der Waals surface area (Å²) in [5.74, 6) is 3.63. The highest BCUT2D eigenvalue weighted by atomic mass is 15.4. The van der Waals surface area contributed by atoms with Crippen molar-refractivity contribution >= 4 is 11.5 Å². The number of hydrogen-bond acceptors (Lipinski definition) is 5. The van der Waals surface area contributed by atoms with E-state index < -0.39 is 0 Å². The summed E-state index contributed by atoms with van der Waals surface area (Å²) in [6, 6.07) is 4.00. The van der Waals surface area contributed by atoms with Crippen molar-refractivity contribution in [1.29, 1.82) is 0 Å². The first-order chi connectivity index (χ1) is 10.7. The van der Waals surface area contributed by atoms with Crippen molar-refractivity contribution in [2.45, 2.75) is 26.8 Å². The van der Waals surface area contributed by atoms with Gasteiger partial charge in [-0.25, -0.2) is 4.98 Å². The Hall–Kier alpha value is -2.44. The van der Waals surface area contributed by atoms with Gasteiger partial charge in [-0.15, -0.1) is 15.3 Å². The molecule has 7 heteroatoms. The normalized spacial score (nSPS) is 15.5. The van der Waals surface area contributed by atoms with Crippen molar-refractivity contribution in [2.24, 2.45) is 5.92 Å². The molecule has 22 heavy (non-hydrogen) atoms. The highest BCUT2D eigenvalue weighted by Crippen LogP contribution is 2.24. The molecule has 0 saturated carbocycles. The SMILES string of the molecule is CCc1nccn1CC1CN(c2ccc3nnc(C)n3n2)C1. The van der Waals surface area contributed by atoms with E-state index >= 15 is 0 Å². The van der Waals surface area contributed by atoms with Gasteiger partial charge in [-0.3, -0.25) is 0 Å². The van der Waals surface area contributed by atoms with Gasteiger partial charge in [0, 0.05) is 44.4 Å². The summed E-state index contributed by atoms with van der Waals surface area (Å²) in [7, 11) is 0. The molecule has 3 aromatic rings. The highest BCUT2D eigenvalue weighted by Gasteiger charge is 2.28. The molecule has 4 heterocycles. The number of aryl methyl sites for hydroxylation is 2. The lowest BCUT2D eigenvalue weighted by atomic mass is 10.00. The van der Waals surface area contributed by atoms with Crippen LogP contribution in [0.1, 0.15) is 18.6 Å². The molecule has 4 rings (SSSR count).